The maximum absolute atomic E-state index is 13.3. The van der Waals surface area contributed by atoms with Crippen LogP contribution in [0.1, 0.15) is 54.1 Å². The predicted octanol–water partition coefficient (Wildman–Crippen LogP) is 6.31. The fraction of sp³-hybridized carbons (Fsp3) is 0.267. The maximum atomic E-state index is 13.3. The van der Waals surface area contributed by atoms with Crippen molar-refractivity contribution in [3.63, 3.8) is 0 Å². The lowest BCUT2D eigenvalue weighted by atomic mass is 10.1. The van der Waals surface area contributed by atoms with Gasteiger partial charge in [0.1, 0.15) is 5.82 Å². The topological polar surface area (TPSA) is 111 Å². The van der Waals surface area contributed by atoms with Crippen LogP contribution in [0.4, 0.5) is 20.6 Å². The first-order chi connectivity index (χ1) is 19.4. The number of hydrazone groups is 1. The molecule has 3 aromatic carbocycles. The molecule has 10 heteroatoms. The normalized spacial score (nSPS) is 13.4. The molecule has 0 atom stereocenters. The number of halogens is 1. The molecule has 0 saturated carbocycles. The minimum Gasteiger partial charge on any atom is -0.478 e. The van der Waals surface area contributed by atoms with Crippen LogP contribution in [0, 0.1) is 5.82 Å². The Kier molecular flexibility index (Phi) is 9.91. The number of aryl methyl sites for hydroxylation is 1. The van der Waals surface area contributed by atoms with E-state index in [4.69, 9.17) is 5.11 Å². The zero-order valence-corrected chi connectivity index (χ0v) is 23.0. The van der Waals surface area contributed by atoms with Crippen molar-refractivity contribution in [1.82, 2.24) is 5.43 Å². The zero-order valence-electron chi connectivity index (χ0n) is 22.2. The van der Waals surface area contributed by atoms with Crippen molar-refractivity contribution in [1.29, 1.82) is 0 Å². The summed E-state index contributed by atoms with van der Waals surface area (Å²) in [6.45, 7) is 2.67. The lowest BCUT2D eigenvalue weighted by molar-refractivity contribution is -0.112. The Hall–Kier alpha value is -4.18. The third-order valence-electron chi connectivity index (χ3n) is 6.40. The second kappa shape index (κ2) is 13.7. The Morgan fingerprint density at radius 1 is 1.00 bits per heavy atom. The summed E-state index contributed by atoms with van der Waals surface area (Å²) in [5.41, 5.74) is 5.75. The number of nitrogens with zero attached hydrogens (tertiary/aromatic N) is 2. The Balaban J connectivity index is 1.43. The molecule has 1 aliphatic rings. The van der Waals surface area contributed by atoms with E-state index >= 15 is 0 Å². The molecule has 8 nitrogen and oxygen atoms in total. The molecule has 40 heavy (non-hydrogen) atoms. The number of nitrogens with one attached hydrogen (secondary N) is 2. The molecule has 0 unspecified atom stereocenters. The molecular weight excluding hydrogens is 531 g/mol. The van der Waals surface area contributed by atoms with Crippen molar-refractivity contribution in [2.75, 3.05) is 22.5 Å². The molecule has 0 radical (unpaired) electrons. The summed E-state index contributed by atoms with van der Waals surface area (Å²) in [4.78, 5) is 39.4. The van der Waals surface area contributed by atoms with Gasteiger partial charge in [-0.2, -0.15) is 5.10 Å². The molecule has 0 bridgehead atoms. The van der Waals surface area contributed by atoms with E-state index in [-0.39, 0.29) is 17.2 Å². The van der Waals surface area contributed by atoms with E-state index in [2.05, 4.69) is 22.8 Å². The van der Waals surface area contributed by atoms with Crippen LogP contribution < -0.4 is 15.6 Å². The summed E-state index contributed by atoms with van der Waals surface area (Å²) in [6.07, 6.45) is 4.60. The van der Waals surface area contributed by atoms with Crippen molar-refractivity contribution in [2.24, 2.45) is 5.10 Å². The third-order valence-corrected chi connectivity index (χ3v) is 7.48. The van der Waals surface area contributed by atoms with Gasteiger partial charge in [-0.25, -0.2) is 19.4 Å². The Morgan fingerprint density at radius 2 is 1.75 bits per heavy atom. The molecular formula is C30H31FN4O4S. The van der Waals surface area contributed by atoms with Gasteiger partial charge in [0, 0.05) is 22.7 Å². The molecule has 3 N–H and O–H groups in total. The highest BCUT2D eigenvalue weighted by Crippen LogP contribution is 2.33. The van der Waals surface area contributed by atoms with E-state index in [1.54, 1.807) is 28.8 Å². The minimum atomic E-state index is -0.937. The lowest BCUT2D eigenvalue weighted by Crippen LogP contribution is -2.33. The number of carbonyl (C=O) groups is 3. The third kappa shape index (κ3) is 7.47. The zero-order chi connectivity index (χ0) is 28.5. The van der Waals surface area contributed by atoms with Crippen LogP contribution in [0.3, 0.4) is 0 Å². The number of urea groups is 1. The number of carboxylic acid groups (broad SMARTS) is 1. The fourth-order valence-corrected chi connectivity index (χ4v) is 5.20. The highest BCUT2D eigenvalue weighted by Gasteiger charge is 2.34. The lowest BCUT2D eigenvalue weighted by Gasteiger charge is -2.16. The van der Waals surface area contributed by atoms with Crippen molar-refractivity contribution in [2.45, 2.75) is 43.9 Å². The van der Waals surface area contributed by atoms with E-state index in [0.29, 0.717) is 17.8 Å². The predicted molar refractivity (Wildman–Crippen MR) is 156 cm³/mol. The SMILES string of the molecule is CCCCCN1C(=O)/C(=N/NC(=O)Nc2ccc(F)cc2)c2cc(SCCCc3ccc(C(=O)O)cc3)ccc21. The molecule has 208 valence electrons. The molecule has 4 rings (SSSR count). The number of benzene rings is 3. The number of unbranched alkanes of at least 4 members (excludes halogenated alkanes) is 2. The fourth-order valence-electron chi connectivity index (χ4n) is 4.31. The average molecular weight is 563 g/mol. The van der Waals surface area contributed by atoms with Crippen LogP contribution in [-0.2, 0) is 11.2 Å². The van der Waals surface area contributed by atoms with Gasteiger partial charge in [-0.15, -0.1) is 11.8 Å². The van der Waals surface area contributed by atoms with Crippen LogP contribution in [0.25, 0.3) is 0 Å². The van der Waals surface area contributed by atoms with Gasteiger partial charge < -0.3 is 15.3 Å². The van der Waals surface area contributed by atoms with Crippen LogP contribution in [0.5, 0.6) is 0 Å². The number of amides is 3. The summed E-state index contributed by atoms with van der Waals surface area (Å²) >= 11 is 1.66. The van der Waals surface area contributed by atoms with Crippen molar-refractivity contribution in [3.8, 4) is 0 Å². The molecule has 3 aromatic rings. The second-order valence-corrected chi connectivity index (χ2v) is 10.5. The summed E-state index contributed by atoms with van der Waals surface area (Å²) in [5, 5.41) is 15.8. The monoisotopic (exact) mass is 562 g/mol. The number of thioether (sulfide) groups is 1. The molecule has 1 heterocycles. The first kappa shape index (κ1) is 28.8. The van der Waals surface area contributed by atoms with Gasteiger partial charge in [0.05, 0.1) is 11.3 Å². The Labute approximate surface area is 236 Å². The molecule has 1 aliphatic heterocycles. The number of hydrogen-bond donors (Lipinski definition) is 3. The molecule has 3 amide bonds. The Bertz CT molecular complexity index is 1390. The number of fused-ring (bicyclic) bond motifs is 1. The van der Waals surface area contributed by atoms with Crippen LogP contribution in [-0.4, -0.2) is 41.0 Å². The number of aromatic carboxylic acids is 1. The summed E-state index contributed by atoms with van der Waals surface area (Å²) < 4.78 is 13.1. The Morgan fingerprint density at radius 3 is 2.45 bits per heavy atom. The largest absolute Gasteiger partial charge is 0.478 e. The molecule has 0 spiro atoms. The average Bonchev–Trinajstić information content (AvgIpc) is 3.21. The van der Waals surface area contributed by atoms with Crippen LogP contribution in [0.15, 0.2) is 76.7 Å². The number of carbonyl (C=O) groups excluding carboxylic acids is 2. The van der Waals surface area contributed by atoms with Crippen molar-refractivity contribution < 1.29 is 23.9 Å². The quantitative estimate of drug-likeness (QED) is 0.136. The summed E-state index contributed by atoms with van der Waals surface area (Å²) in [5.74, 6) is -0.781. The van der Waals surface area contributed by atoms with Gasteiger partial charge in [0.15, 0.2) is 5.71 Å². The standard InChI is InChI=1S/C30H31FN4O4S/c1-2-3-4-17-35-26-16-15-24(40-18-5-6-20-7-9-21(10-8-20)29(37)38)19-25(26)27(28(35)36)33-34-30(39)32-23-13-11-22(31)12-14-23/h7-16,19H,2-6,17-18H2,1H3,(H,37,38)(H2,32,34,39)/b33-27+. The van der Waals surface area contributed by atoms with E-state index in [0.717, 1.165) is 54.0 Å². The number of carboxylic acids is 1. The van der Waals surface area contributed by atoms with Gasteiger partial charge in [0.25, 0.3) is 5.91 Å². The van der Waals surface area contributed by atoms with Crippen molar-refractivity contribution >= 4 is 46.8 Å². The van der Waals surface area contributed by atoms with E-state index in [1.807, 2.05) is 30.3 Å². The van der Waals surface area contributed by atoms with Crippen LogP contribution >= 0.6 is 11.8 Å². The van der Waals surface area contributed by atoms with Gasteiger partial charge in [-0.1, -0.05) is 31.9 Å². The molecule has 0 aromatic heterocycles. The summed E-state index contributed by atoms with van der Waals surface area (Å²) in [7, 11) is 0. The molecule has 0 fully saturated rings. The van der Waals surface area contributed by atoms with Crippen LogP contribution in [0.2, 0.25) is 0 Å². The van der Waals surface area contributed by atoms with Crippen molar-refractivity contribution in [3.05, 3.63) is 89.2 Å². The first-order valence-corrected chi connectivity index (χ1v) is 14.2. The highest BCUT2D eigenvalue weighted by molar-refractivity contribution is 7.99. The van der Waals surface area contributed by atoms with E-state index in [1.165, 1.54) is 24.3 Å². The summed E-state index contributed by atoms with van der Waals surface area (Å²) in [6, 6.07) is 17.4. The van der Waals surface area contributed by atoms with Gasteiger partial charge in [0.2, 0.25) is 0 Å². The first-order valence-electron chi connectivity index (χ1n) is 13.2. The number of hydrogen-bond acceptors (Lipinski definition) is 5. The minimum absolute atomic E-state index is 0.168. The molecule has 0 aliphatic carbocycles. The van der Waals surface area contributed by atoms with Gasteiger partial charge in [-0.3, -0.25) is 4.79 Å². The maximum Gasteiger partial charge on any atom is 0.339 e. The number of rotatable bonds is 12. The molecule has 0 saturated heterocycles. The smallest absolute Gasteiger partial charge is 0.339 e. The second-order valence-electron chi connectivity index (χ2n) is 9.33. The number of anilines is 2. The highest BCUT2D eigenvalue weighted by atomic mass is 32.2. The van der Waals surface area contributed by atoms with Gasteiger partial charge >= 0.3 is 12.0 Å². The van der Waals surface area contributed by atoms with E-state index < -0.39 is 17.8 Å². The van der Waals surface area contributed by atoms with E-state index in [9.17, 15) is 18.8 Å². The van der Waals surface area contributed by atoms with Gasteiger partial charge in [-0.05, 0) is 85.2 Å².